The molecule has 2 fully saturated rings. The molecule has 4 aliphatic rings. The monoisotopic (exact) mass is 627 g/mol. The minimum absolute atomic E-state index is 0.108. The standard InChI is InChI=1S/C36H41N3O7/c1-23(22-40)39-32-34(43)38(21-25-13-7-4-8-14-25)20-12-6-11-17-28(41)37(3)24(2)31(26-15-9-5-10-16-26)45-35(44)29-27-18-19-36(32,46-27)30(29)33(39)42/h4-10,12-16,18-19,23-24,27,29-32,40H,11,17,20-22H2,1-3H3/b12-6-/t23-,24+,27-,29+,30+,31-,32-,36+/m1/s1. The van der Waals surface area contributed by atoms with Crippen molar-refractivity contribution in [1.29, 1.82) is 0 Å². The summed E-state index contributed by atoms with van der Waals surface area (Å²) in [6.07, 6.45) is 6.37. The number of ether oxygens (including phenoxy) is 2. The van der Waals surface area contributed by atoms with Crippen LogP contribution in [0.5, 0.6) is 0 Å². The lowest BCUT2D eigenvalue weighted by Gasteiger charge is -2.37. The Morgan fingerprint density at radius 2 is 1.67 bits per heavy atom. The molecule has 10 nitrogen and oxygen atoms in total. The molecular weight excluding hydrogens is 586 g/mol. The highest BCUT2D eigenvalue weighted by atomic mass is 16.6. The summed E-state index contributed by atoms with van der Waals surface area (Å²) in [5.41, 5.74) is 0.216. The van der Waals surface area contributed by atoms with Gasteiger partial charge in [-0.15, -0.1) is 0 Å². The van der Waals surface area contributed by atoms with Crippen molar-refractivity contribution in [3.05, 3.63) is 96.1 Å². The maximum atomic E-state index is 14.7. The van der Waals surface area contributed by atoms with Crippen LogP contribution in [0, 0.1) is 11.8 Å². The number of esters is 1. The predicted molar refractivity (Wildman–Crippen MR) is 169 cm³/mol. The molecule has 10 heteroatoms. The molecule has 2 saturated heterocycles. The second kappa shape index (κ2) is 12.8. The van der Waals surface area contributed by atoms with Crippen molar-refractivity contribution in [3.8, 4) is 0 Å². The number of hydrogen-bond acceptors (Lipinski definition) is 7. The quantitative estimate of drug-likeness (QED) is 0.400. The summed E-state index contributed by atoms with van der Waals surface area (Å²) in [5, 5.41) is 10.2. The fourth-order valence-corrected chi connectivity index (χ4v) is 7.35. The minimum Gasteiger partial charge on any atom is -0.455 e. The lowest BCUT2D eigenvalue weighted by molar-refractivity contribution is -0.164. The van der Waals surface area contributed by atoms with Gasteiger partial charge in [0, 0.05) is 26.6 Å². The van der Waals surface area contributed by atoms with E-state index in [-0.39, 0.29) is 37.9 Å². The molecule has 8 atom stereocenters. The molecule has 0 radical (unpaired) electrons. The summed E-state index contributed by atoms with van der Waals surface area (Å²) in [4.78, 5) is 61.2. The van der Waals surface area contributed by atoms with Crippen molar-refractivity contribution in [3.63, 3.8) is 0 Å². The normalized spacial score (nSPS) is 32.9. The second-order valence-corrected chi connectivity index (χ2v) is 12.7. The first kappa shape index (κ1) is 31.7. The molecule has 2 aromatic carbocycles. The molecule has 0 saturated carbocycles. The predicted octanol–water partition coefficient (Wildman–Crippen LogP) is 3.03. The molecule has 4 heterocycles. The summed E-state index contributed by atoms with van der Waals surface area (Å²) < 4.78 is 12.8. The number of likely N-dealkylation sites (tertiary alicyclic amines) is 1. The first-order valence-corrected chi connectivity index (χ1v) is 16.0. The highest BCUT2D eigenvalue weighted by molar-refractivity contribution is 5.99. The molecule has 3 amide bonds. The molecule has 0 unspecified atom stereocenters. The van der Waals surface area contributed by atoms with E-state index in [1.54, 1.807) is 35.9 Å². The first-order valence-electron chi connectivity index (χ1n) is 16.0. The Balaban J connectivity index is 1.44. The van der Waals surface area contributed by atoms with Gasteiger partial charge in [-0.2, -0.15) is 0 Å². The summed E-state index contributed by atoms with van der Waals surface area (Å²) in [6, 6.07) is 16.5. The molecule has 0 aromatic heterocycles. The lowest BCUT2D eigenvalue weighted by atomic mass is 9.74. The maximum absolute atomic E-state index is 14.7. The Labute approximate surface area is 269 Å². The molecule has 5 bridgehead atoms. The van der Waals surface area contributed by atoms with Crippen LogP contribution in [0.1, 0.15) is 43.9 Å². The average molecular weight is 628 g/mol. The van der Waals surface area contributed by atoms with E-state index in [0.717, 1.165) is 5.56 Å². The zero-order chi connectivity index (χ0) is 32.6. The third-order valence-electron chi connectivity index (χ3n) is 9.92. The van der Waals surface area contributed by atoms with E-state index in [9.17, 15) is 24.3 Å². The number of carbonyl (C=O) groups excluding carboxylic acids is 4. The fraction of sp³-hybridized carbons (Fsp3) is 0.444. The number of nitrogens with zero attached hydrogens (tertiary/aromatic N) is 3. The van der Waals surface area contributed by atoms with E-state index in [1.807, 2.05) is 79.7 Å². The first-order chi connectivity index (χ1) is 22.2. The van der Waals surface area contributed by atoms with Crippen molar-refractivity contribution >= 4 is 23.7 Å². The van der Waals surface area contributed by atoms with Crippen LogP contribution in [-0.2, 0) is 35.2 Å². The van der Waals surface area contributed by atoms with Crippen molar-refractivity contribution in [2.45, 2.75) is 69.2 Å². The van der Waals surface area contributed by atoms with Crippen LogP contribution in [0.3, 0.4) is 0 Å². The van der Waals surface area contributed by atoms with Crippen molar-refractivity contribution in [2.75, 3.05) is 20.2 Å². The topological polar surface area (TPSA) is 117 Å². The number of rotatable bonds is 5. The highest BCUT2D eigenvalue weighted by Crippen LogP contribution is 2.56. The van der Waals surface area contributed by atoms with Crippen LogP contribution in [0.4, 0.5) is 0 Å². The number of aliphatic hydroxyl groups excluding tert-OH is 1. The van der Waals surface area contributed by atoms with E-state index in [0.29, 0.717) is 12.0 Å². The molecular formula is C36H41N3O7. The maximum Gasteiger partial charge on any atom is 0.313 e. The number of allylic oxidation sites excluding steroid dienone is 1. The second-order valence-electron chi connectivity index (χ2n) is 12.7. The lowest BCUT2D eigenvalue weighted by Crippen LogP contribution is -2.57. The van der Waals surface area contributed by atoms with Crippen LogP contribution >= 0.6 is 0 Å². The average Bonchev–Trinajstić information content (AvgIpc) is 3.72. The Bertz CT molecular complexity index is 1530. The van der Waals surface area contributed by atoms with Crippen LogP contribution in [0.15, 0.2) is 85.0 Å². The number of benzene rings is 2. The zero-order valence-corrected chi connectivity index (χ0v) is 26.4. The molecule has 46 heavy (non-hydrogen) atoms. The van der Waals surface area contributed by atoms with Crippen molar-refractivity contribution < 1.29 is 33.8 Å². The summed E-state index contributed by atoms with van der Waals surface area (Å²) >= 11 is 0. The highest BCUT2D eigenvalue weighted by Gasteiger charge is 2.74. The van der Waals surface area contributed by atoms with Gasteiger partial charge in [0.1, 0.15) is 23.7 Å². The Kier molecular flexibility index (Phi) is 8.85. The van der Waals surface area contributed by atoms with Gasteiger partial charge in [0.05, 0.1) is 30.7 Å². The van der Waals surface area contributed by atoms with Gasteiger partial charge in [0.2, 0.25) is 17.7 Å². The number of carbonyl (C=O) groups is 4. The van der Waals surface area contributed by atoms with E-state index in [2.05, 4.69) is 0 Å². The third kappa shape index (κ3) is 5.43. The van der Waals surface area contributed by atoms with E-state index in [1.165, 1.54) is 4.90 Å². The van der Waals surface area contributed by atoms with Gasteiger partial charge in [-0.25, -0.2) is 0 Å². The number of cyclic esters (lactones) is 1. The van der Waals surface area contributed by atoms with Crippen LogP contribution in [0.2, 0.25) is 0 Å². The number of likely N-dealkylation sites (N-methyl/N-ethyl adjacent to an activating group) is 1. The molecule has 0 aliphatic carbocycles. The summed E-state index contributed by atoms with van der Waals surface area (Å²) in [6.45, 7) is 3.66. The number of amides is 3. The number of fused-ring (bicyclic) bond motifs is 2. The molecule has 1 N–H and O–H groups in total. The van der Waals surface area contributed by atoms with Gasteiger partial charge in [0.15, 0.2) is 0 Å². The van der Waals surface area contributed by atoms with Gasteiger partial charge in [-0.3, -0.25) is 19.2 Å². The van der Waals surface area contributed by atoms with Crippen LogP contribution < -0.4 is 0 Å². The van der Waals surface area contributed by atoms with Gasteiger partial charge < -0.3 is 29.3 Å². The van der Waals surface area contributed by atoms with Gasteiger partial charge >= 0.3 is 5.97 Å². The van der Waals surface area contributed by atoms with Crippen LogP contribution in [0.25, 0.3) is 0 Å². The van der Waals surface area contributed by atoms with Crippen molar-refractivity contribution in [2.24, 2.45) is 11.8 Å². The van der Waals surface area contributed by atoms with Crippen molar-refractivity contribution in [1.82, 2.24) is 14.7 Å². The van der Waals surface area contributed by atoms with Crippen LogP contribution in [-0.4, -0.2) is 93.5 Å². The van der Waals surface area contributed by atoms with E-state index >= 15 is 0 Å². The molecule has 2 aromatic rings. The van der Waals surface area contributed by atoms with Gasteiger partial charge in [-0.1, -0.05) is 85.0 Å². The summed E-state index contributed by atoms with van der Waals surface area (Å²) in [7, 11) is 1.70. The molecule has 4 aliphatic heterocycles. The minimum atomic E-state index is -1.40. The largest absolute Gasteiger partial charge is 0.455 e. The fourth-order valence-electron chi connectivity index (χ4n) is 7.35. The smallest absolute Gasteiger partial charge is 0.313 e. The Morgan fingerprint density at radius 3 is 2.37 bits per heavy atom. The number of hydrogen-bond donors (Lipinski definition) is 1. The Morgan fingerprint density at radius 1 is 0.978 bits per heavy atom. The van der Waals surface area contributed by atoms with Gasteiger partial charge in [-0.05, 0) is 31.4 Å². The molecule has 242 valence electrons. The van der Waals surface area contributed by atoms with Gasteiger partial charge in [0.25, 0.3) is 0 Å². The summed E-state index contributed by atoms with van der Waals surface area (Å²) in [5.74, 6) is -3.55. The SMILES string of the molecule is C[C@H](CO)N1C(=O)[C@@H]2[C@H]3C(=O)O[C@@H](c4ccccc4)[C@H](C)N(C)C(=O)CC/C=C\CN(Cc4ccccc4)C(=O)[C@@H]1[C@]21C=C[C@H]3O1. The molecule has 1 spiro atoms. The van der Waals surface area contributed by atoms with E-state index < -0.39 is 59.6 Å². The third-order valence-corrected chi connectivity index (χ3v) is 9.92. The van der Waals surface area contributed by atoms with E-state index in [4.69, 9.17) is 9.47 Å². The molecule has 6 rings (SSSR count). The Hall–Kier alpha value is -4.28. The number of aliphatic hydroxyl groups is 1. The zero-order valence-electron chi connectivity index (χ0n) is 26.4.